The highest BCUT2D eigenvalue weighted by atomic mass is 16.3. The third-order valence-electron chi connectivity index (χ3n) is 2.89. The molecule has 0 atom stereocenters. The van der Waals surface area contributed by atoms with Gasteiger partial charge in [0.1, 0.15) is 5.75 Å². The molecule has 0 aliphatic rings. The Morgan fingerprint density at radius 3 is 2.53 bits per heavy atom. The van der Waals surface area contributed by atoms with Gasteiger partial charge < -0.3 is 10.4 Å². The summed E-state index contributed by atoms with van der Waals surface area (Å²) in [5.74, 6) is -0.157. The molecule has 2 aromatic rings. The van der Waals surface area contributed by atoms with E-state index in [9.17, 15) is 9.90 Å². The van der Waals surface area contributed by atoms with Crippen molar-refractivity contribution in [3.05, 3.63) is 65.7 Å². The maximum atomic E-state index is 12.0. The number of amides is 1. The van der Waals surface area contributed by atoms with E-state index >= 15 is 0 Å². The van der Waals surface area contributed by atoms with Crippen LogP contribution in [0.3, 0.4) is 0 Å². The number of nitrogens with one attached hydrogen (secondary N) is 1. The van der Waals surface area contributed by atoms with Gasteiger partial charge in [0.2, 0.25) is 0 Å². The van der Waals surface area contributed by atoms with Gasteiger partial charge in [-0.15, -0.1) is 0 Å². The number of hydrogen-bond donors (Lipinski definition) is 2. The number of aryl methyl sites for hydroxylation is 1. The Morgan fingerprint density at radius 2 is 1.89 bits per heavy atom. The van der Waals surface area contributed by atoms with Crippen LogP contribution in [0.4, 0.5) is 5.69 Å². The second kappa shape index (κ2) is 5.40. The van der Waals surface area contributed by atoms with Gasteiger partial charge in [-0.1, -0.05) is 36.9 Å². The van der Waals surface area contributed by atoms with Crippen LogP contribution in [-0.2, 0) is 0 Å². The second-order valence-corrected chi connectivity index (χ2v) is 4.25. The maximum absolute atomic E-state index is 12.0. The molecule has 0 aromatic heterocycles. The van der Waals surface area contributed by atoms with Crippen LogP contribution in [0.15, 0.2) is 49.0 Å². The van der Waals surface area contributed by atoms with Crippen molar-refractivity contribution >= 4 is 17.7 Å². The number of phenolic OH excluding ortho intramolecular Hbond substituents is 1. The molecule has 0 aliphatic carbocycles. The zero-order valence-electron chi connectivity index (χ0n) is 10.7. The van der Waals surface area contributed by atoms with E-state index in [0.29, 0.717) is 11.3 Å². The lowest BCUT2D eigenvalue weighted by Crippen LogP contribution is -2.12. The Bertz CT molecular complexity index is 615. The monoisotopic (exact) mass is 253 g/mol. The van der Waals surface area contributed by atoms with E-state index in [-0.39, 0.29) is 11.7 Å². The molecular formula is C16H15NO2. The molecule has 2 rings (SSSR count). The van der Waals surface area contributed by atoms with Gasteiger partial charge >= 0.3 is 0 Å². The first-order valence-electron chi connectivity index (χ1n) is 5.94. The summed E-state index contributed by atoms with van der Waals surface area (Å²) in [6.07, 6.45) is 1.72. The molecule has 0 saturated heterocycles. The Hall–Kier alpha value is -2.55. The number of anilines is 1. The summed E-state index contributed by atoms with van der Waals surface area (Å²) in [4.78, 5) is 12.0. The SMILES string of the molecule is C=Cc1ccc(C(=O)Nc2cccc(C)c2O)cc1. The number of phenols is 1. The number of carbonyl (C=O) groups excluding carboxylic acids is 1. The van der Waals surface area contributed by atoms with E-state index in [4.69, 9.17) is 0 Å². The Morgan fingerprint density at radius 1 is 1.21 bits per heavy atom. The first kappa shape index (κ1) is 12.9. The third kappa shape index (κ3) is 2.83. The Kier molecular flexibility index (Phi) is 3.66. The van der Waals surface area contributed by atoms with Crippen LogP contribution in [0.25, 0.3) is 6.08 Å². The molecule has 1 amide bonds. The van der Waals surface area contributed by atoms with Gasteiger partial charge in [-0.05, 0) is 36.2 Å². The zero-order chi connectivity index (χ0) is 13.8. The fourth-order valence-electron chi connectivity index (χ4n) is 1.72. The topological polar surface area (TPSA) is 49.3 Å². The highest BCUT2D eigenvalue weighted by Gasteiger charge is 2.09. The molecule has 0 radical (unpaired) electrons. The molecule has 2 N–H and O–H groups in total. The van der Waals surface area contributed by atoms with Crippen LogP contribution >= 0.6 is 0 Å². The first-order valence-corrected chi connectivity index (χ1v) is 5.94. The molecule has 0 spiro atoms. The summed E-state index contributed by atoms with van der Waals surface area (Å²) >= 11 is 0. The van der Waals surface area contributed by atoms with Crippen molar-refractivity contribution in [1.29, 1.82) is 0 Å². The van der Waals surface area contributed by atoms with Crippen molar-refractivity contribution in [3.8, 4) is 5.75 Å². The first-order chi connectivity index (χ1) is 9.11. The second-order valence-electron chi connectivity index (χ2n) is 4.25. The van der Waals surface area contributed by atoms with Crippen molar-refractivity contribution in [2.75, 3.05) is 5.32 Å². The number of benzene rings is 2. The summed E-state index contributed by atoms with van der Waals surface area (Å²) < 4.78 is 0. The lowest BCUT2D eigenvalue weighted by molar-refractivity contribution is 0.102. The molecule has 3 heteroatoms. The lowest BCUT2D eigenvalue weighted by atomic mass is 10.1. The van der Waals surface area contributed by atoms with E-state index in [1.165, 1.54) is 0 Å². The van der Waals surface area contributed by atoms with E-state index in [2.05, 4.69) is 11.9 Å². The minimum Gasteiger partial charge on any atom is -0.505 e. The Labute approximate surface area is 112 Å². The number of hydrogen-bond acceptors (Lipinski definition) is 2. The predicted molar refractivity (Wildman–Crippen MR) is 77.3 cm³/mol. The summed E-state index contributed by atoms with van der Waals surface area (Å²) in [6, 6.07) is 12.3. The standard InChI is InChI=1S/C16H15NO2/c1-3-12-7-9-13(10-8-12)16(19)17-14-6-4-5-11(2)15(14)18/h3-10,18H,1H2,2H3,(H,17,19). The minimum atomic E-state index is -0.253. The van der Waals surface area contributed by atoms with Gasteiger partial charge in [-0.3, -0.25) is 4.79 Å². The van der Waals surface area contributed by atoms with Crippen LogP contribution in [0.5, 0.6) is 5.75 Å². The number of para-hydroxylation sites is 1. The molecule has 0 bridgehead atoms. The highest BCUT2D eigenvalue weighted by Crippen LogP contribution is 2.26. The minimum absolute atomic E-state index is 0.0959. The van der Waals surface area contributed by atoms with E-state index < -0.39 is 0 Å². The number of rotatable bonds is 3. The van der Waals surface area contributed by atoms with Crippen molar-refractivity contribution in [1.82, 2.24) is 0 Å². The molecule has 96 valence electrons. The van der Waals surface area contributed by atoms with Crippen molar-refractivity contribution in [2.45, 2.75) is 6.92 Å². The average molecular weight is 253 g/mol. The normalized spacial score (nSPS) is 9.95. The van der Waals surface area contributed by atoms with Crippen LogP contribution in [0.2, 0.25) is 0 Å². The molecule has 0 aliphatic heterocycles. The molecular weight excluding hydrogens is 238 g/mol. The van der Waals surface area contributed by atoms with Gasteiger partial charge in [0.15, 0.2) is 0 Å². The average Bonchev–Trinajstić information content (AvgIpc) is 2.44. The molecule has 0 saturated carbocycles. The third-order valence-corrected chi connectivity index (χ3v) is 2.89. The van der Waals surface area contributed by atoms with E-state index in [1.54, 1.807) is 43.3 Å². The molecule has 0 unspecified atom stereocenters. The van der Waals surface area contributed by atoms with Gasteiger partial charge in [0.25, 0.3) is 5.91 Å². The summed E-state index contributed by atoms with van der Waals surface area (Å²) in [5, 5.41) is 12.5. The summed E-state index contributed by atoms with van der Waals surface area (Å²) in [6.45, 7) is 5.44. The summed E-state index contributed by atoms with van der Waals surface area (Å²) in [5.41, 5.74) is 2.62. The van der Waals surface area contributed by atoms with Gasteiger partial charge in [0.05, 0.1) is 5.69 Å². The van der Waals surface area contributed by atoms with Crippen LogP contribution in [0.1, 0.15) is 21.5 Å². The predicted octanol–water partition coefficient (Wildman–Crippen LogP) is 3.60. The fourth-order valence-corrected chi connectivity index (χ4v) is 1.72. The number of aromatic hydroxyl groups is 1. The molecule has 3 nitrogen and oxygen atoms in total. The molecule has 19 heavy (non-hydrogen) atoms. The quantitative estimate of drug-likeness (QED) is 0.821. The van der Waals surface area contributed by atoms with Gasteiger partial charge in [-0.2, -0.15) is 0 Å². The number of carbonyl (C=O) groups is 1. The fraction of sp³-hybridized carbons (Fsp3) is 0.0625. The lowest BCUT2D eigenvalue weighted by Gasteiger charge is -2.09. The highest BCUT2D eigenvalue weighted by molar-refractivity contribution is 6.05. The van der Waals surface area contributed by atoms with Crippen LogP contribution < -0.4 is 5.32 Å². The van der Waals surface area contributed by atoms with Crippen LogP contribution in [0, 0.1) is 6.92 Å². The van der Waals surface area contributed by atoms with Crippen LogP contribution in [-0.4, -0.2) is 11.0 Å². The molecule has 2 aromatic carbocycles. The van der Waals surface area contributed by atoms with Crippen molar-refractivity contribution in [3.63, 3.8) is 0 Å². The zero-order valence-corrected chi connectivity index (χ0v) is 10.7. The van der Waals surface area contributed by atoms with Crippen molar-refractivity contribution < 1.29 is 9.90 Å². The summed E-state index contributed by atoms with van der Waals surface area (Å²) in [7, 11) is 0. The van der Waals surface area contributed by atoms with Crippen molar-refractivity contribution in [2.24, 2.45) is 0 Å². The smallest absolute Gasteiger partial charge is 0.255 e. The van der Waals surface area contributed by atoms with E-state index in [1.807, 2.05) is 12.1 Å². The molecule has 0 fully saturated rings. The van der Waals surface area contributed by atoms with Gasteiger partial charge in [-0.25, -0.2) is 0 Å². The Balaban J connectivity index is 2.20. The van der Waals surface area contributed by atoms with E-state index in [0.717, 1.165) is 11.1 Å². The van der Waals surface area contributed by atoms with Gasteiger partial charge in [0, 0.05) is 5.56 Å². The maximum Gasteiger partial charge on any atom is 0.255 e. The largest absolute Gasteiger partial charge is 0.505 e. The molecule has 0 heterocycles.